The van der Waals surface area contributed by atoms with Gasteiger partial charge in [0.25, 0.3) is 0 Å². The van der Waals surface area contributed by atoms with Gasteiger partial charge in [-0.3, -0.25) is 14.4 Å². The Kier molecular flexibility index (Phi) is 5.75. The van der Waals surface area contributed by atoms with Crippen LogP contribution in [0.25, 0.3) is 0 Å². The summed E-state index contributed by atoms with van der Waals surface area (Å²) in [6.45, 7) is 2.58. The Morgan fingerprint density at radius 2 is 1.96 bits per heavy atom. The molecule has 24 heavy (non-hydrogen) atoms. The summed E-state index contributed by atoms with van der Waals surface area (Å²) >= 11 is 0. The number of aromatic hydroxyl groups is 1. The first-order valence-corrected chi connectivity index (χ1v) is 7.30. The third kappa shape index (κ3) is 4.69. The number of hydrogen-bond acceptors (Lipinski definition) is 8. The van der Waals surface area contributed by atoms with Crippen LogP contribution in [0.4, 0.5) is 0 Å². The molecule has 1 heterocycles. The van der Waals surface area contributed by atoms with Crippen molar-refractivity contribution in [3.05, 3.63) is 23.8 Å². The highest BCUT2D eigenvalue weighted by atomic mass is 16.7. The number of ether oxygens (including phenoxy) is 4. The summed E-state index contributed by atoms with van der Waals surface area (Å²) in [5.41, 5.74) is 0.288. The second-order valence-corrected chi connectivity index (χ2v) is 5.28. The number of hydrogen-bond donors (Lipinski definition) is 1. The number of carbonyl (C=O) groups is 3. The van der Waals surface area contributed by atoms with E-state index in [2.05, 4.69) is 0 Å². The van der Waals surface area contributed by atoms with Crippen LogP contribution in [0.15, 0.2) is 18.2 Å². The maximum atomic E-state index is 11.3. The predicted octanol–water partition coefficient (Wildman–Crippen LogP) is 1.19. The molecule has 1 aliphatic heterocycles. The first-order chi connectivity index (χ1) is 11.4. The van der Waals surface area contributed by atoms with Crippen molar-refractivity contribution in [3.63, 3.8) is 0 Å². The van der Waals surface area contributed by atoms with Gasteiger partial charge in [0.2, 0.25) is 6.29 Å². The zero-order valence-corrected chi connectivity index (χ0v) is 13.3. The lowest BCUT2D eigenvalue weighted by molar-refractivity contribution is -0.220. The van der Waals surface area contributed by atoms with Gasteiger partial charge in [0.15, 0.2) is 17.6 Å². The van der Waals surface area contributed by atoms with Crippen molar-refractivity contribution in [2.45, 2.75) is 38.8 Å². The van der Waals surface area contributed by atoms with Crippen molar-refractivity contribution >= 4 is 18.2 Å². The van der Waals surface area contributed by atoms with E-state index in [1.165, 1.54) is 32.0 Å². The van der Waals surface area contributed by atoms with E-state index in [0.29, 0.717) is 6.29 Å². The van der Waals surface area contributed by atoms with Crippen molar-refractivity contribution in [2.24, 2.45) is 0 Å². The van der Waals surface area contributed by atoms with Crippen LogP contribution in [0.3, 0.4) is 0 Å². The minimum Gasteiger partial charge on any atom is -0.504 e. The van der Waals surface area contributed by atoms with Crippen LogP contribution in [0.1, 0.15) is 30.6 Å². The Hall–Kier alpha value is -2.61. The molecule has 1 aromatic rings. The molecule has 8 heteroatoms. The molecule has 1 fully saturated rings. The lowest BCUT2D eigenvalue weighted by atomic mass is 10.1. The van der Waals surface area contributed by atoms with Gasteiger partial charge in [0.05, 0.1) is 6.61 Å². The third-order valence-corrected chi connectivity index (χ3v) is 3.26. The lowest BCUT2D eigenvalue weighted by Gasteiger charge is -2.34. The van der Waals surface area contributed by atoms with Crippen LogP contribution in [0.5, 0.6) is 11.5 Å². The molecule has 8 nitrogen and oxygen atoms in total. The molecule has 0 radical (unpaired) electrons. The molecule has 1 saturated heterocycles. The van der Waals surface area contributed by atoms with Crippen molar-refractivity contribution < 1.29 is 38.4 Å². The van der Waals surface area contributed by atoms with Gasteiger partial charge in [-0.15, -0.1) is 0 Å². The fourth-order valence-corrected chi connectivity index (χ4v) is 2.32. The van der Waals surface area contributed by atoms with Crippen LogP contribution < -0.4 is 4.74 Å². The maximum Gasteiger partial charge on any atom is 0.303 e. The number of aldehydes is 1. The molecule has 3 atom stereocenters. The topological polar surface area (TPSA) is 108 Å². The summed E-state index contributed by atoms with van der Waals surface area (Å²) in [5, 5.41) is 9.88. The van der Waals surface area contributed by atoms with Crippen LogP contribution in [-0.4, -0.2) is 48.4 Å². The van der Waals surface area contributed by atoms with E-state index in [-0.39, 0.29) is 30.1 Å². The zero-order chi connectivity index (χ0) is 17.7. The Bertz CT molecular complexity index is 627. The molecule has 0 aromatic heterocycles. The van der Waals surface area contributed by atoms with Crippen molar-refractivity contribution in [1.82, 2.24) is 0 Å². The number of rotatable bonds is 5. The monoisotopic (exact) mass is 338 g/mol. The van der Waals surface area contributed by atoms with Crippen LogP contribution in [-0.2, 0) is 23.8 Å². The summed E-state index contributed by atoms with van der Waals surface area (Å²) in [5.74, 6) is -1.17. The lowest BCUT2D eigenvalue weighted by Crippen LogP contribution is -2.47. The largest absolute Gasteiger partial charge is 0.504 e. The Balaban J connectivity index is 2.10. The quantitative estimate of drug-likeness (QED) is 0.630. The molecular formula is C16H18O8. The van der Waals surface area contributed by atoms with Gasteiger partial charge in [0, 0.05) is 25.8 Å². The summed E-state index contributed by atoms with van der Waals surface area (Å²) in [6.07, 6.45) is -1.56. The van der Waals surface area contributed by atoms with Gasteiger partial charge in [-0.1, -0.05) is 0 Å². The van der Waals surface area contributed by atoms with Crippen molar-refractivity contribution in [2.75, 3.05) is 6.61 Å². The maximum absolute atomic E-state index is 11.3. The minimum atomic E-state index is -0.978. The average Bonchev–Trinajstić information content (AvgIpc) is 2.50. The molecule has 0 saturated carbocycles. The smallest absolute Gasteiger partial charge is 0.303 e. The minimum absolute atomic E-state index is 0.0647. The number of phenolic OH excluding ortho intramolecular Hbond substituents is 1. The van der Waals surface area contributed by atoms with Gasteiger partial charge in [-0.25, -0.2) is 0 Å². The predicted molar refractivity (Wildman–Crippen MR) is 79.6 cm³/mol. The van der Waals surface area contributed by atoms with Crippen molar-refractivity contribution in [3.8, 4) is 11.5 Å². The SMILES string of the molecule is CC(=O)OC1C[C@H](OC(C)=O)CO[C@@H]1Oc1ccc(C=O)cc1O. The molecule has 0 bridgehead atoms. The van der Waals surface area contributed by atoms with Gasteiger partial charge < -0.3 is 24.1 Å². The summed E-state index contributed by atoms with van der Waals surface area (Å²) in [7, 11) is 0. The van der Waals surface area contributed by atoms with Crippen LogP contribution >= 0.6 is 0 Å². The molecule has 0 aliphatic carbocycles. The Morgan fingerprint density at radius 1 is 1.25 bits per heavy atom. The first kappa shape index (κ1) is 17.7. The van der Waals surface area contributed by atoms with E-state index in [1.807, 2.05) is 0 Å². The summed E-state index contributed by atoms with van der Waals surface area (Å²) in [4.78, 5) is 33.0. The Labute approximate surface area is 138 Å². The van der Waals surface area contributed by atoms with E-state index >= 15 is 0 Å². The van der Waals surface area contributed by atoms with E-state index in [4.69, 9.17) is 18.9 Å². The van der Waals surface area contributed by atoms with E-state index in [0.717, 1.165) is 0 Å². The van der Waals surface area contributed by atoms with Crippen LogP contribution in [0.2, 0.25) is 0 Å². The zero-order valence-electron chi connectivity index (χ0n) is 13.3. The number of phenols is 1. The van der Waals surface area contributed by atoms with E-state index in [9.17, 15) is 19.5 Å². The molecule has 1 N–H and O–H groups in total. The highest BCUT2D eigenvalue weighted by Gasteiger charge is 2.37. The molecule has 0 spiro atoms. The summed E-state index contributed by atoms with van der Waals surface area (Å²) < 4.78 is 21.2. The average molecular weight is 338 g/mol. The highest BCUT2D eigenvalue weighted by molar-refractivity contribution is 5.76. The fourth-order valence-electron chi connectivity index (χ4n) is 2.32. The molecule has 0 amide bonds. The van der Waals surface area contributed by atoms with Gasteiger partial charge in [-0.05, 0) is 18.2 Å². The van der Waals surface area contributed by atoms with E-state index in [1.54, 1.807) is 0 Å². The first-order valence-electron chi connectivity index (χ1n) is 7.30. The second-order valence-electron chi connectivity index (χ2n) is 5.28. The highest BCUT2D eigenvalue weighted by Crippen LogP contribution is 2.30. The van der Waals surface area contributed by atoms with E-state index < -0.39 is 30.4 Å². The molecule has 1 unspecified atom stereocenters. The molecular weight excluding hydrogens is 320 g/mol. The second kappa shape index (κ2) is 7.78. The Morgan fingerprint density at radius 3 is 2.54 bits per heavy atom. The van der Waals surface area contributed by atoms with Gasteiger partial charge in [0.1, 0.15) is 12.4 Å². The fraction of sp³-hybridized carbons (Fsp3) is 0.438. The molecule has 130 valence electrons. The summed E-state index contributed by atoms with van der Waals surface area (Å²) in [6, 6.07) is 4.12. The number of esters is 2. The van der Waals surface area contributed by atoms with Crippen molar-refractivity contribution in [1.29, 1.82) is 0 Å². The normalized spacial score (nSPS) is 23.2. The van der Waals surface area contributed by atoms with Gasteiger partial charge in [-0.2, -0.15) is 0 Å². The van der Waals surface area contributed by atoms with Crippen LogP contribution in [0, 0.1) is 0 Å². The number of carbonyl (C=O) groups excluding carboxylic acids is 3. The standard InChI is InChI=1S/C16H18O8/c1-9(18)22-12-6-15(23-10(2)19)16(21-8-12)24-14-4-3-11(7-17)5-13(14)20/h3-5,7,12,15-16,20H,6,8H2,1-2H3/t12-,15?,16+/m0/s1. The third-order valence-electron chi connectivity index (χ3n) is 3.26. The molecule has 1 aliphatic rings. The molecule has 2 rings (SSSR count). The molecule has 1 aromatic carbocycles. The van der Waals surface area contributed by atoms with Gasteiger partial charge >= 0.3 is 11.9 Å². The number of benzene rings is 1.